The predicted octanol–water partition coefficient (Wildman–Crippen LogP) is 8.12. The lowest BCUT2D eigenvalue weighted by Gasteiger charge is -2.38. The number of carboxylic acid groups (broad SMARTS) is 2. The van der Waals surface area contributed by atoms with Gasteiger partial charge >= 0.3 is 11.9 Å². The lowest BCUT2D eigenvalue weighted by Crippen LogP contribution is -2.42. The number of rotatable bonds is 11. The number of nitrogens with one attached hydrogen (secondary N) is 2. The molecule has 2 aliphatic rings. The van der Waals surface area contributed by atoms with E-state index in [9.17, 15) is 19.8 Å². The summed E-state index contributed by atoms with van der Waals surface area (Å²) in [6.07, 6.45) is 2.54. The number of hydrogen-bond acceptors (Lipinski definition) is 8. The van der Waals surface area contributed by atoms with E-state index >= 15 is 0 Å². The highest BCUT2D eigenvalue weighted by atomic mass is 16.4. The number of nitrogens with two attached hydrogens (primary N) is 2. The minimum atomic E-state index is -1.53. The van der Waals surface area contributed by atoms with Gasteiger partial charge in [-0.25, -0.2) is 11.0 Å². The molecule has 10 nitrogen and oxygen atoms in total. The third kappa shape index (κ3) is 5.10. The van der Waals surface area contributed by atoms with Crippen LogP contribution in [0.15, 0.2) is 107 Å². The van der Waals surface area contributed by atoms with Crippen molar-refractivity contribution in [3.63, 3.8) is 0 Å². The molecular weight excluding hydrogens is 628 g/mol. The number of carboxylic acids is 2. The van der Waals surface area contributed by atoms with Gasteiger partial charge in [0.25, 0.3) is 0 Å². The van der Waals surface area contributed by atoms with Gasteiger partial charge in [0.15, 0.2) is 0 Å². The smallest absolute Gasteiger partial charge is 0.319 e. The SMILES string of the molecule is [H]/N=N/C1=C(N)c2ccccc2C(C(=O)O)(c2ccc(-c3ccc(C4(C(=O)O)CC(/N=N/[H])=C(N)c5ccccc54)c(CCC)c3)cc2CCC)C1. The fourth-order valence-corrected chi connectivity index (χ4v) is 7.98. The van der Waals surface area contributed by atoms with Crippen LogP contribution in [-0.4, -0.2) is 22.2 Å². The van der Waals surface area contributed by atoms with Crippen LogP contribution in [0.5, 0.6) is 0 Å². The third-order valence-corrected chi connectivity index (χ3v) is 10.3. The standard InChI is InChI=1S/C40H40N6O4/c1-3-9-25-19-23(15-17-29(25)39(37(47)48)21-33(45-43)35(41)27-11-5-7-13-31(27)39)24-16-18-30(26(20-24)10-4-2)40(38(49)50)22-34(46-44)36(42)28-12-6-8-14-32(28)40/h5-8,11-20,43-44H,3-4,9-10,21-22,41-42H2,1-2H3,(H,47,48)(H,49,50)/b45-43+,46-44+. The van der Waals surface area contributed by atoms with Gasteiger partial charge in [0.05, 0.1) is 22.8 Å². The molecule has 0 saturated heterocycles. The Bertz CT molecular complexity index is 2060. The summed E-state index contributed by atoms with van der Waals surface area (Å²) in [6.45, 7) is 4.07. The minimum absolute atomic E-state index is 0.0710. The number of aliphatic carboxylic acids is 2. The first-order valence-corrected chi connectivity index (χ1v) is 16.7. The fraction of sp³-hybridized carbons (Fsp3) is 0.250. The van der Waals surface area contributed by atoms with Crippen LogP contribution in [0.3, 0.4) is 0 Å². The number of carbonyl (C=O) groups is 2. The normalized spacial score (nSPS) is 20.8. The van der Waals surface area contributed by atoms with Gasteiger partial charge in [-0.3, -0.25) is 9.59 Å². The van der Waals surface area contributed by atoms with Crippen molar-refractivity contribution < 1.29 is 22.6 Å². The van der Waals surface area contributed by atoms with Gasteiger partial charge in [0, 0.05) is 24.0 Å². The second kappa shape index (κ2) is 13.2. The summed E-state index contributed by atoms with van der Waals surface area (Å²) in [5.41, 5.74) is 24.1. The van der Waals surface area contributed by atoms with E-state index in [1.807, 2.05) is 50.2 Å². The molecule has 8 N–H and O–H groups in total. The molecule has 6 rings (SSSR count). The number of aryl methyl sites for hydroxylation is 2. The summed E-state index contributed by atoms with van der Waals surface area (Å²) < 4.78 is 14.8. The molecule has 2 aliphatic carbocycles. The lowest BCUT2D eigenvalue weighted by molar-refractivity contribution is -0.143. The van der Waals surface area contributed by atoms with Crippen molar-refractivity contribution in [3.05, 3.63) is 141 Å². The Morgan fingerprint density at radius 3 is 1.44 bits per heavy atom. The molecule has 0 heterocycles. The maximum atomic E-state index is 13.5. The molecule has 0 amide bonds. The van der Waals surface area contributed by atoms with Gasteiger partial charge in [-0.15, -0.1) is 0 Å². The molecule has 0 fully saturated rings. The van der Waals surface area contributed by atoms with Crippen molar-refractivity contribution in [1.82, 2.24) is 0 Å². The Morgan fingerprint density at radius 1 is 0.680 bits per heavy atom. The molecule has 2 unspecified atom stereocenters. The van der Waals surface area contributed by atoms with Crippen LogP contribution >= 0.6 is 0 Å². The van der Waals surface area contributed by atoms with E-state index in [0.29, 0.717) is 57.6 Å². The molecule has 10 heteroatoms. The first-order chi connectivity index (χ1) is 25.1. The topological polar surface area (TPSA) is 199 Å². The number of nitrogens with zero attached hydrogens (tertiary/aromatic N) is 2. The Kier molecular flexibility index (Phi) is 8.28. The van der Waals surface area contributed by atoms with Crippen molar-refractivity contribution >= 4 is 23.3 Å². The Labute approximate surface area is 293 Å². The van der Waals surface area contributed by atoms with E-state index in [1.165, 1.54) is 0 Å². The predicted molar refractivity (Wildman–Crippen MR) is 191 cm³/mol. The van der Waals surface area contributed by atoms with Crippen LogP contribution in [-0.2, 0) is 33.3 Å². The summed E-state index contributed by atoms with van der Waals surface area (Å²) in [5.74, 6) is -2.12. The summed E-state index contributed by atoms with van der Waals surface area (Å²) in [6, 6.07) is 25.8. The highest BCUT2D eigenvalue weighted by Crippen LogP contribution is 2.50. The second-order valence-electron chi connectivity index (χ2n) is 13.0. The summed E-state index contributed by atoms with van der Waals surface area (Å²) >= 11 is 0. The number of benzene rings is 4. The number of allylic oxidation sites excluding steroid dienone is 2. The quantitative estimate of drug-likeness (QED) is 0.0871. The van der Waals surface area contributed by atoms with E-state index in [1.54, 1.807) is 48.5 Å². The van der Waals surface area contributed by atoms with E-state index < -0.39 is 22.8 Å². The molecule has 4 aromatic carbocycles. The molecule has 0 radical (unpaired) electrons. The molecule has 0 saturated carbocycles. The Morgan fingerprint density at radius 2 is 1.08 bits per heavy atom. The second-order valence-corrected chi connectivity index (χ2v) is 13.0. The van der Waals surface area contributed by atoms with Crippen LogP contribution in [0.4, 0.5) is 0 Å². The fourth-order valence-electron chi connectivity index (χ4n) is 7.98. The van der Waals surface area contributed by atoms with Gasteiger partial charge in [-0.2, -0.15) is 10.2 Å². The average molecular weight is 669 g/mol. The highest BCUT2D eigenvalue weighted by Gasteiger charge is 2.50. The molecule has 0 aromatic heterocycles. The van der Waals surface area contributed by atoms with Crippen molar-refractivity contribution in [1.29, 1.82) is 11.0 Å². The number of hydrogen-bond donors (Lipinski definition) is 6. The maximum absolute atomic E-state index is 13.5. The van der Waals surface area contributed by atoms with Gasteiger partial charge in [-0.1, -0.05) is 112 Å². The highest BCUT2D eigenvalue weighted by molar-refractivity contribution is 5.94. The molecule has 2 atom stereocenters. The summed E-state index contributed by atoms with van der Waals surface area (Å²) in [4.78, 5) is 27.0. The third-order valence-electron chi connectivity index (χ3n) is 10.3. The van der Waals surface area contributed by atoms with E-state index in [0.717, 1.165) is 35.1 Å². The average Bonchev–Trinajstić information content (AvgIpc) is 3.14. The zero-order valence-corrected chi connectivity index (χ0v) is 28.0. The molecule has 4 aromatic rings. The van der Waals surface area contributed by atoms with Gasteiger partial charge in [0.1, 0.15) is 10.8 Å². The molecule has 50 heavy (non-hydrogen) atoms. The van der Waals surface area contributed by atoms with Gasteiger partial charge in [-0.05, 0) is 57.3 Å². The molecule has 254 valence electrons. The lowest BCUT2D eigenvalue weighted by atomic mass is 9.64. The summed E-state index contributed by atoms with van der Waals surface area (Å²) in [5, 5.41) is 30.0. The zero-order chi connectivity index (χ0) is 37.2. The first kappa shape index (κ1) is 31.4. The Hall–Kier alpha value is -5.90. The van der Waals surface area contributed by atoms with Crippen molar-refractivity contribution in [2.75, 3.05) is 0 Å². The van der Waals surface area contributed by atoms with E-state index in [2.05, 4.69) is 21.3 Å². The van der Waals surface area contributed by atoms with Crippen LogP contribution in [0.1, 0.15) is 84.0 Å². The van der Waals surface area contributed by atoms with Crippen LogP contribution < -0.4 is 11.5 Å². The molecular formula is C40H40N6O4. The number of fused-ring (bicyclic) bond motifs is 2. The van der Waals surface area contributed by atoms with Crippen molar-refractivity contribution in [2.45, 2.75) is 63.2 Å². The summed E-state index contributed by atoms with van der Waals surface area (Å²) in [7, 11) is 0. The zero-order valence-electron chi connectivity index (χ0n) is 30.0. The van der Waals surface area contributed by atoms with Crippen LogP contribution in [0, 0.1) is 11.0 Å². The molecule has 0 aliphatic heterocycles. The van der Waals surface area contributed by atoms with E-state index in [4.69, 9.17) is 14.3 Å². The largest absolute Gasteiger partial charge is 0.480 e. The van der Waals surface area contributed by atoms with E-state index in [-0.39, 0.29) is 24.2 Å². The first-order valence-electron chi connectivity index (χ1n) is 17.6. The van der Waals surface area contributed by atoms with Gasteiger partial charge < -0.3 is 21.7 Å². The van der Waals surface area contributed by atoms with Crippen LogP contribution in [0.25, 0.3) is 22.5 Å². The van der Waals surface area contributed by atoms with Gasteiger partial charge in [0.2, 0.25) is 2.82 Å². The minimum Gasteiger partial charge on any atom is -0.480 e. The van der Waals surface area contributed by atoms with Crippen molar-refractivity contribution in [2.24, 2.45) is 21.7 Å². The Balaban J connectivity index is 1.53. The monoisotopic (exact) mass is 668 g/mol. The maximum Gasteiger partial charge on any atom is 0.319 e. The van der Waals surface area contributed by atoms with Crippen molar-refractivity contribution in [3.8, 4) is 11.1 Å². The van der Waals surface area contributed by atoms with Crippen LogP contribution in [0.2, 0.25) is 2.82 Å². The molecule has 0 spiro atoms. The molecule has 0 bridgehead atoms.